The second-order valence-electron chi connectivity index (χ2n) is 5.54. The summed E-state index contributed by atoms with van der Waals surface area (Å²) in [5.41, 5.74) is 0. The molecule has 1 aliphatic carbocycles. The van der Waals surface area contributed by atoms with Gasteiger partial charge >= 0.3 is 0 Å². The van der Waals surface area contributed by atoms with Crippen LogP contribution in [0.4, 0.5) is 5.82 Å². The first-order chi connectivity index (χ1) is 10.5. The third-order valence-electron chi connectivity index (χ3n) is 3.89. The Morgan fingerprint density at radius 3 is 2.91 bits per heavy atom. The summed E-state index contributed by atoms with van der Waals surface area (Å²) in [6.45, 7) is 2.35. The number of aromatic nitrogens is 3. The summed E-state index contributed by atoms with van der Waals surface area (Å²) >= 11 is 11.9. The van der Waals surface area contributed by atoms with Crippen molar-refractivity contribution in [1.82, 2.24) is 15.1 Å². The lowest BCUT2D eigenvalue weighted by Crippen LogP contribution is -2.22. The van der Waals surface area contributed by atoms with E-state index in [0.717, 1.165) is 6.42 Å². The van der Waals surface area contributed by atoms with Crippen molar-refractivity contribution in [3.05, 3.63) is 34.0 Å². The molecule has 6 nitrogen and oxygen atoms in total. The van der Waals surface area contributed by atoms with Gasteiger partial charge in [0, 0.05) is 24.6 Å². The predicted octanol–water partition coefficient (Wildman–Crippen LogP) is 3.05. The van der Waals surface area contributed by atoms with Gasteiger partial charge in [-0.3, -0.25) is 0 Å². The highest BCUT2D eigenvalue weighted by atomic mass is 35.5. The van der Waals surface area contributed by atoms with Crippen LogP contribution in [0, 0.1) is 12.8 Å². The first-order valence-electron chi connectivity index (χ1n) is 7.06. The summed E-state index contributed by atoms with van der Waals surface area (Å²) in [7, 11) is 0. The van der Waals surface area contributed by atoms with Crippen LogP contribution in [0.1, 0.15) is 30.5 Å². The van der Waals surface area contributed by atoms with Gasteiger partial charge in [0.25, 0.3) is 0 Å². The summed E-state index contributed by atoms with van der Waals surface area (Å²) in [6, 6.07) is 1.63. The number of halogens is 2. The molecular formula is C14H16Cl2N4O2. The quantitative estimate of drug-likeness (QED) is 0.888. The molecule has 2 heterocycles. The van der Waals surface area contributed by atoms with Crippen LogP contribution < -0.4 is 5.32 Å². The topological polar surface area (TPSA) is 84.1 Å². The highest BCUT2D eigenvalue weighted by Gasteiger charge is 2.36. The Labute approximate surface area is 137 Å². The van der Waals surface area contributed by atoms with E-state index in [1.165, 1.54) is 6.20 Å². The maximum absolute atomic E-state index is 10.2. The highest BCUT2D eigenvalue weighted by Crippen LogP contribution is 2.38. The summed E-state index contributed by atoms with van der Waals surface area (Å²) in [5.74, 6) is 1.95. The van der Waals surface area contributed by atoms with Gasteiger partial charge in [0.2, 0.25) is 5.89 Å². The van der Waals surface area contributed by atoms with E-state index in [1.807, 2.05) is 0 Å². The molecule has 1 saturated carbocycles. The van der Waals surface area contributed by atoms with Gasteiger partial charge in [0.15, 0.2) is 5.82 Å². The zero-order valence-corrected chi connectivity index (χ0v) is 13.5. The molecule has 2 aromatic rings. The Morgan fingerprint density at radius 2 is 2.23 bits per heavy atom. The van der Waals surface area contributed by atoms with Gasteiger partial charge in [-0.1, -0.05) is 28.4 Å². The SMILES string of the molecule is Cc1noc([C@H]2C[C@H](CNc3ncc(Cl)cc3Cl)[C@H](O)C2)n1. The molecule has 2 aromatic heterocycles. The van der Waals surface area contributed by atoms with E-state index in [4.69, 9.17) is 27.7 Å². The Kier molecular flexibility index (Phi) is 4.52. The number of pyridine rings is 1. The van der Waals surface area contributed by atoms with E-state index < -0.39 is 6.10 Å². The molecular weight excluding hydrogens is 327 g/mol. The number of aryl methyl sites for hydroxylation is 1. The first-order valence-corrected chi connectivity index (χ1v) is 7.81. The van der Waals surface area contributed by atoms with Crippen molar-refractivity contribution in [3.8, 4) is 0 Å². The van der Waals surface area contributed by atoms with Crippen LogP contribution in [0.15, 0.2) is 16.8 Å². The molecule has 118 valence electrons. The van der Waals surface area contributed by atoms with Crippen molar-refractivity contribution in [1.29, 1.82) is 0 Å². The Hall–Kier alpha value is -1.37. The average Bonchev–Trinajstić information content (AvgIpc) is 3.04. The zero-order valence-electron chi connectivity index (χ0n) is 12.0. The molecule has 1 aliphatic rings. The van der Waals surface area contributed by atoms with E-state index in [2.05, 4.69) is 20.4 Å². The van der Waals surface area contributed by atoms with Crippen molar-refractivity contribution in [3.63, 3.8) is 0 Å². The maximum Gasteiger partial charge on any atom is 0.229 e. The number of hydrogen-bond donors (Lipinski definition) is 2. The number of aliphatic hydroxyl groups is 1. The number of rotatable bonds is 4. The maximum atomic E-state index is 10.2. The molecule has 2 N–H and O–H groups in total. The first kappa shape index (κ1) is 15.5. The highest BCUT2D eigenvalue weighted by molar-refractivity contribution is 6.35. The van der Waals surface area contributed by atoms with Crippen molar-refractivity contribution in [2.75, 3.05) is 11.9 Å². The zero-order chi connectivity index (χ0) is 15.7. The molecule has 1 fully saturated rings. The van der Waals surface area contributed by atoms with Crippen LogP contribution in [0.5, 0.6) is 0 Å². The minimum atomic E-state index is -0.421. The lowest BCUT2D eigenvalue weighted by molar-refractivity contribution is 0.137. The smallest absolute Gasteiger partial charge is 0.229 e. The summed E-state index contributed by atoms with van der Waals surface area (Å²) in [4.78, 5) is 8.39. The second kappa shape index (κ2) is 6.40. The van der Waals surface area contributed by atoms with Gasteiger partial charge < -0.3 is 14.9 Å². The average molecular weight is 343 g/mol. The fourth-order valence-corrected chi connectivity index (χ4v) is 3.22. The molecule has 0 amide bonds. The molecule has 0 radical (unpaired) electrons. The number of anilines is 1. The van der Waals surface area contributed by atoms with E-state index in [0.29, 0.717) is 40.5 Å². The molecule has 0 unspecified atom stereocenters. The van der Waals surface area contributed by atoms with Crippen molar-refractivity contribution in [2.24, 2.45) is 5.92 Å². The van der Waals surface area contributed by atoms with Crippen LogP contribution in [0.2, 0.25) is 10.0 Å². The van der Waals surface area contributed by atoms with Gasteiger partial charge in [-0.15, -0.1) is 0 Å². The molecule has 0 aliphatic heterocycles. The van der Waals surface area contributed by atoms with Crippen molar-refractivity contribution in [2.45, 2.75) is 31.8 Å². The molecule has 0 aromatic carbocycles. The summed E-state index contributed by atoms with van der Waals surface area (Å²) in [5, 5.41) is 18.1. The number of nitrogens with one attached hydrogen (secondary N) is 1. The lowest BCUT2D eigenvalue weighted by Gasteiger charge is -2.16. The van der Waals surface area contributed by atoms with Crippen LogP contribution in [0.3, 0.4) is 0 Å². The standard InChI is InChI=1S/C14H16Cl2N4O2/c1-7-19-14(22-20-7)8-2-9(12(21)3-8)5-17-13-11(16)4-10(15)6-18-13/h4,6,8-9,12,21H,2-3,5H2,1H3,(H,17,18)/t8-,9+,12+/m0/s1. The largest absolute Gasteiger partial charge is 0.393 e. The van der Waals surface area contributed by atoms with Crippen molar-refractivity contribution < 1.29 is 9.63 Å². The van der Waals surface area contributed by atoms with E-state index in [9.17, 15) is 5.11 Å². The molecule has 0 saturated heterocycles. The Balaban J connectivity index is 1.61. The van der Waals surface area contributed by atoms with Gasteiger partial charge in [0.1, 0.15) is 5.82 Å². The van der Waals surface area contributed by atoms with Crippen LogP contribution >= 0.6 is 23.2 Å². The van der Waals surface area contributed by atoms with Crippen LogP contribution in [-0.4, -0.2) is 32.9 Å². The monoisotopic (exact) mass is 342 g/mol. The number of aliphatic hydroxyl groups excluding tert-OH is 1. The van der Waals surface area contributed by atoms with Gasteiger partial charge in [-0.05, 0) is 25.8 Å². The second-order valence-corrected chi connectivity index (χ2v) is 6.38. The molecule has 22 heavy (non-hydrogen) atoms. The van der Waals surface area contributed by atoms with E-state index >= 15 is 0 Å². The Bertz CT molecular complexity index is 664. The summed E-state index contributed by atoms with van der Waals surface area (Å²) in [6.07, 6.45) is 2.51. The molecule has 8 heteroatoms. The van der Waals surface area contributed by atoms with Crippen molar-refractivity contribution >= 4 is 29.0 Å². The minimum Gasteiger partial charge on any atom is -0.393 e. The third-order valence-corrected chi connectivity index (χ3v) is 4.38. The minimum absolute atomic E-state index is 0.0748. The van der Waals surface area contributed by atoms with Crippen LogP contribution in [0.25, 0.3) is 0 Å². The Morgan fingerprint density at radius 1 is 1.41 bits per heavy atom. The summed E-state index contributed by atoms with van der Waals surface area (Å²) < 4.78 is 5.20. The van der Waals surface area contributed by atoms with E-state index in [-0.39, 0.29) is 11.8 Å². The molecule has 0 bridgehead atoms. The predicted molar refractivity (Wildman–Crippen MR) is 83.3 cm³/mol. The number of hydrogen-bond acceptors (Lipinski definition) is 6. The number of nitrogens with zero attached hydrogens (tertiary/aromatic N) is 3. The van der Waals surface area contributed by atoms with Gasteiger partial charge in [0.05, 0.1) is 16.1 Å². The third kappa shape index (κ3) is 3.34. The lowest BCUT2D eigenvalue weighted by atomic mass is 10.0. The van der Waals surface area contributed by atoms with Gasteiger partial charge in [-0.25, -0.2) is 4.98 Å². The fourth-order valence-electron chi connectivity index (χ4n) is 2.78. The van der Waals surface area contributed by atoms with Gasteiger partial charge in [-0.2, -0.15) is 4.98 Å². The van der Waals surface area contributed by atoms with E-state index in [1.54, 1.807) is 13.0 Å². The molecule has 3 rings (SSSR count). The fraction of sp³-hybridized carbons (Fsp3) is 0.500. The molecule has 3 atom stereocenters. The normalized spacial score (nSPS) is 24.6. The molecule has 0 spiro atoms. The van der Waals surface area contributed by atoms with Crippen LogP contribution in [-0.2, 0) is 0 Å².